The predicted molar refractivity (Wildman–Crippen MR) is 179 cm³/mol. The maximum absolute atomic E-state index is 14.7. The minimum Gasteiger partial charge on any atom is -0.491 e. The van der Waals surface area contributed by atoms with Gasteiger partial charge in [-0.1, -0.05) is 35.9 Å². The molecule has 0 fully saturated rings. The van der Waals surface area contributed by atoms with Gasteiger partial charge in [-0.2, -0.15) is 5.10 Å². The van der Waals surface area contributed by atoms with Crippen molar-refractivity contribution in [3.63, 3.8) is 0 Å². The highest BCUT2D eigenvalue weighted by molar-refractivity contribution is 6.32. The largest absolute Gasteiger partial charge is 0.491 e. The number of amides is 1. The van der Waals surface area contributed by atoms with Gasteiger partial charge in [0.2, 0.25) is 5.95 Å². The van der Waals surface area contributed by atoms with E-state index in [2.05, 4.69) is 15.6 Å². The standard InChI is InChI=1S/C35H30ClF2N7O2/c1-21-10-12-26(37)30(32(21)38)34(46)40-23-8-6-7-22(19-23)33-31(28-9-4-5-16-45(28)43-33)27-14-15-39-35(42-27)41-24-11-13-29(25(36)20-24)47-18-17-44(2)3/h4-16,19-20H,17-18H2,1-3H3,(H,40,46)(H,39,41,42). The summed E-state index contributed by atoms with van der Waals surface area (Å²) in [5.41, 5.74) is 3.87. The van der Waals surface area contributed by atoms with Gasteiger partial charge >= 0.3 is 0 Å². The smallest absolute Gasteiger partial charge is 0.261 e. The van der Waals surface area contributed by atoms with E-state index in [1.165, 1.54) is 13.0 Å². The SMILES string of the molecule is Cc1ccc(F)c(C(=O)Nc2cccc(-c3nn4ccccc4c3-c3ccnc(Nc4ccc(OCCN(C)C)c(Cl)c4)n3)c2)c1F. The van der Waals surface area contributed by atoms with Gasteiger partial charge in [-0.3, -0.25) is 4.79 Å². The third-order valence-electron chi connectivity index (χ3n) is 7.34. The molecule has 0 saturated carbocycles. The maximum atomic E-state index is 14.7. The lowest BCUT2D eigenvalue weighted by Crippen LogP contribution is -2.19. The first-order valence-electron chi connectivity index (χ1n) is 14.7. The summed E-state index contributed by atoms with van der Waals surface area (Å²) in [6, 6.07) is 22.1. The highest BCUT2D eigenvalue weighted by atomic mass is 35.5. The van der Waals surface area contributed by atoms with Crippen molar-refractivity contribution in [3.8, 4) is 28.3 Å². The van der Waals surface area contributed by atoms with E-state index in [1.807, 2.05) is 55.5 Å². The molecule has 47 heavy (non-hydrogen) atoms. The van der Waals surface area contributed by atoms with Gasteiger partial charge in [0.1, 0.15) is 35.2 Å². The molecule has 0 aliphatic rings. The number of nitrogens with zero attached hydrogens (tertiary/aromatic N) is 5. The molecule has 3 heterocycles. The number of pyridine rings is 1. The molecule has 3 aromatic heterocycles. The Morgan fingerprint density at radius 1 is 1.00 bits per heavy atom. The van der Waals surface area contributed by atoms with E-state index in [4.69, 9.17) is 26.4 Å². The Labute approximate surface area is 274 Å². The Kier molecular flexibility index (Phi) is 9.10. The van der Waals surface area contributed by atoms with Crippen LogP contribution >= 0.6 is 11.6 Å². The van der Waals surface area contributed by atoms with Crippen LogP contribution in [0.4, 0.5) is 26.1 Å². The monoisotopic (exact) mass is 653 g/mol. The van der Waals surface area contributed by atoms with Gasteiger partial charge in [0.25, 0.3) is 5.91 Å². The van der Waals surface area contributed by atoms with Gasteiger partial charge in [-0.15, -0.1) is 0 Å². The Hall–Kier alpha value is -5.39. The minimum atomic E-state index is -0.941. The van der Waals surface area contributed by atoms with Crippen LogP contribution in [0, 0.1) is 18.6 Å². The van der Waals surface area contributed by atoms with Gasteiger partial charge < -0.3 is 20.3 Å². The number of nitrogens with one attached hydrogen (secondary N) is 2. The molecule has 0 atom stereocenters. The van der Waals surface area contributed by atoms with Gasteiger partial charge in [-0.05, 0) is 81.2 Å². The molecule has 0 unspecified atom stereocenters. The lowest BCUT2D eigenvalue weighted by atomic mass is 10.0. The van der Waals surface area contributed by atoms with Gasteiger partial charge in [0.05, 0.1) is 21.8 Å². The fourth-order valence-electron chi connectivity index (χ4n) is 4.98. The van der Waals surface area contributed by atoms with E-state index in [-0.39, 0.29) is 5.56 Å². The highest BCUT2D eigenvalue weighted by Crippen LogP contribution is 2.36. The lowest BCUT2D eigenvalue weighted by Gasteiger charge is -2.13. The summed E-state index contributed by atoms with van der Waals surface area (Å²) in [5.74, 6) is -1.82. The number of carbonyl (C=O) groups is 1. The number of ether oxygens (including phenoxy) is 1. The molecule has 0 bridgehead atoms. The van der Waals surface area contributed by atoms with Crippen LogP contribution in [0.2, 0.25) is 5.02 Å². The zero-order valence-electron chi connectivity index (χ0n) is 25.8. The van der Waals surface area contributed by atoms with Crippen molar-refractivity contribution in [2.45, 2.75) is 6.92 Å². The molecule has 9 nitrogen and oxygen atoms in total. The Morgan fingerprint density at radius 2 is 1.85 bits per heavy atom. The zero-order chi connectivity index (χ0) is 33.1. The molecule has 1 amide bonds. The first-order chi connectivity index (χ1) is 22.7. The molecule has 0 aliphatic heterocycles. The quantitative estimate of drug-likeness (QED) is 0.157. The summed E-state index contributed by atoms with van der Waals surface area (Å²) < 4.78 is 36.6. The zero-order valence-corrected chi connectivity index (χ0v) is 26.5. The molecule has 2 N–H and O–H groups in total. The average Bonchev–Trinajstić information content (AvgIpc) is 3.44. The van der Waals surface area contributed by atoms with E-state index >= 15 is 0 Å². The molecule has 6 rings (SSSR count). The summed E-state index contributed by atoms with van der Waals surface area (Å²) in [6.45, 7) is 2.74. The number of fused-ring (bicyclic) bond motifs is 1. The van der Waals surface area contributed by atoms with E-state index in [0.717, 1.165) is 23.7 Å². The number of benzene rings is 3. The molecule has 0 radical (unpaired) electrons. The van der Waals surface area contributed by atoms with Crippen LogP contribution in [-0.4, -0.2) is 57.6 Å². The van der Waals surface area contributed by atoms with Gasteiger partial charge in [-0.25, -0.2) is 23.3 Å². The number of anilines is 3. The van der Waals surface area contributed by atoms with E-state index in [9.17, 15) is 13.6 Å². The third kappa shape index (κ3) is 6.91. The molecule has 0 spiro atoms. The second kappa shape index (κ2) is 13.5. The van der Waals surface area contributed by atoms with E-state index < -0.39 is 23.1 Å². The Bertz CT molecular complexity index is 2100. The third-order valence-corrected chi connectivity index (χ3v) is 7.64. The van der Waals surface area contributed by atoms with Crippen LogP contribution in [0.5, 0.6) is 5.75 Å². The number of rotatable bonds is 10. The van der Waals surface area contributed by atoms with Crippen molar-refractivity contribution >= 4 is 40.3 Å². The van der Waals surface area contributed by atoms with Crippen LogP contribution < -0.4 is 15.4 Å². The van der Waals surface area contributed by atoms with Crippen molar-refractivity contribution in [2.75, 3.05) is 37.9 Å². The Morgan fingerprint density at radius 3 is 2.66 bits per heavy atom. The second-order valence-corrected chi connectivity index (χ2v) is 11.4. The summed E-state index contributed by atoms with van der Waals surface area (Å²) >= 11 is 6.48. The molecule has 6 aromatic rings. The van der Waals surface area contributed by atoms with Crippen LogP contribution in [-0.2, 0) is 0 Å². The van der Waals surface area contributed by atoms with Crippen molar-refractivity contribution in [1.82, 2.24) is 24.5 Å². The first-order valence-corrected chi connectivity index (χ1v) is 15.1. The number of hydrogen-bond donors (Lipinski definition) is 2. The number of likely N-dealkylation sites (N-methyl/N-ethyl adjacent to an activating group) is 1. The number of aromatic nitrogens is 4. The molecular weight excluding hydrogens is 624 g/mol. The van der Waals surface area contributed by atoms with Crippen molar-refractivity contribution in [2.24, 2.45) is 0 Å². The highest BCUT2D eigenvalue weighted by Gasteiger charge is 2.21. The van der Waals surface area contributed by atoms with Gasteiger partial charge in [0.15, 0.2) is 0 Å². The van der Waals surface area contributed by atoms with Gasteiger partial charge in [0, 0.05) is 35.9 Å². The molecule has 3 aromatic carbocycles. The number of halogens is 3. The molecule has 238 valence electrons. The predicted octanol–water partition coefficient (Wildman–Crippen LogP) is 7.63. The normalized spacial score (nSPS) is 11.2. The molecule has 12 heteroatoms. The lowest BCUT2D eigenvalue weighted by molar-refractivity contribution is 0.101. The molecule has 0 saturated heterocycles. The maximum Gasteiger partial charge on any atom is 0.261 e. The minimum absolute atomic E-state index is 0.170. The number of hydrogen-bond acceptors (Lipinski definition) is 7. The van der Waals surface area contributed by atoms with Crippen molar-refractivity contribution in [1.29, 1.82) is 0 Å². The summed E-state index contributed by atoms with van der Waals surface area (Å²) in [4.78, 5) is 24.2. The Balaban J connectivity index is 1.31. The second-order valence-electron chi connectivity index (χ2n) is 11.0. The summed E-state index contributed by atoms with van der Waals surface area (Å²) in [6.07, 6.45) is 3.46. The fourth-order valence-corrected chi connectivity index (χ4v) is 5.21. The first kappa shape index (κ1) is 31.6. The average molecular weight is 654 g/mol. The molecule has 0 aliphatic carbocycles. The van der Waals surface area contributed by atoms with Crippen molar-refractivity contribution in [3.05, 3.63) is 119 Å². The van der Waals surface area contributed by atoms with E-state index in [0.29, 0.717) is 51.7 Å². The summed E-state index contributed by atoms with van der Waals surface area (Å²) in [7, 11) is 3.94. The van der Waals surface area contributed by atoms with Crippen LogP contribution in [0.1, 0.15) is 15.9 Å². The van der Waals surface area contributed by atoms with E-state index in [1.54, 1.807) is 47.1 Å². The van der Waals surface area contributed by atoms with Crippen LogP contribution in [0.3, 0.4) is 0 Å². The van der Waals surface area contributed by atoms with Crippen LogP contribution in [0.25, 0.3) is 28.0 Å². The fraction of sp³-hybridized carbons (Fsp3) is 0.143. The number of carbonyl (C=O) groups excluding carboxylic acids is 1. The number of aryl methyl sites for hydroxylation is 1. The summed E-state index contributed by atoms with van der Waals surface area (Å²) in [5, 5.41) is 11.1. The topological polar surface area (TPSA) is 96.7 Å². The van der Waals surface area contributed by atoms with Crippen LogP contribution in [0.15, 0.2) is 91.3 Å². The van der Waals surface area contributed by atoms with Crippen molar-refractivity contribution < 1.29 is 18.3 Å². The molecular formula is C35H30ClF2N7O2.